The van der Waals surface area contributed by atoms with E-state index in [-0.39, 0.29) is 23.7 Å². The molecule has 0 aliphatic carbocycles. The predicted octanol–water partition coefficient (Wildman–Crippen LogP) is 2.33. The molecule has 136 valence electrons. The van der Waals surface area contributed by atoms with E-state index < -0.39 is 0 Å². The van der Waals surface area contributed by atoms with E-state index in [9.17, 15) is 9.59 Å². The number of carbonyl (C=O) groups is 2. The maximum atomic E-state index is 13.1. The van der Waals surface area contributed by atoms with Crippen LogP contribution in [0.25, 0.3) is 0 Å². The van der Waals surface area contributed by atoms with Crippen LogP contribution in [0.3, 0.4) is 0 Å². The summed E-state index contributed by atoms with van der Waals surface area (Å²) in [6.45, 7) is 2.49. The molecule has 0 bridgehead atoms. The summed E-state index contributed by atoms with van der Waals surface area (Å²) in [5.74, 6) is -0.335. The maximum absolute atomic E-state index is 13.1. The first-order valence-electron chi connectivity index (χ1n) is 8.52. The van der Waals surface area contributed by atoms with E-state index in [1.807, 2.05) is 37.3 Å². The number of aromatic nitrogens is 3. The van der Waals surface area contributed by atoms with Gasteiger partial charge >= 0.3 is 0 Å². The van der Waals surface area contributed by atoms with E-state index in [0.717, 1.165) is 5.69 Å². The Morgan fingerprint density at radius 1 is 1.26 bits per heavy atom. The van der Waals surface area contributed by atoms with E-state index in [4.69, 9.17) is 5.73 Å². The number of nitrogens with one attached hydrogen (secondary N) is 1. The number of nitrogen functional groups attached to an aromatic ring is 1. The van der Waals surface area contributed by atoms with Gasteiger partial charge in [0.2, 0.25) is 0 Å². The van der Waals surface area contributed by atoms with Crippen molar-refractivity contribution >= 4 is 29.0 Å². The number of nitrogens with two attached hydrogens (primary N) is 1. The average Bonchev–Trinajstić information content (AvgIpc) is 3.10. The highest BCUT2D eigenvalue weighted by Gasteiger charge is 2.33. The molecule has 3 heterocycles. The van der Waals surface area contributed by atoms with E-state index in [1.54, 1.807) is 15.6 Å². The molecule has 1 aromatic carbocycles. The minimum atomic E-state index is -0.378. The molecular formula is C19H18N6O2. The van der Waals surface area contributed by atoms with E-state index in [0.29, 0.717) is 23.5 Å². The van der Waals surface area contributed by atoms with Crippen molar-refractivity contribution in [2.75, 3.05) is 22.5 Å². The Hall–Kier alpha value is -3.68. The van der Waals surface area contributed by atoms with Gasteiger partial charge in [-0.3, -0.25) is 14.3 Å². The van der Waals surface area contributed by atoms with E-state index in [1.165, 1.54) is 18.5 Å². The standard InChI is InChI=1S/C19H18N6O2/c1-12-11-24(14-5-3-2-4-6-14)19(27)17-15(10-22-25(12)17)23-18(26)13-7-8-21-16(20)9-13/h2-10,12H,11H2,1H3,(H2,20,21)(H,23,26)/t12-/m0/s1. The Labute approximate surface area is 155 Å². The summed E-state index contributed by atoms with van der Waals surface area (Å²) in [4.78, 5) is 31.2. The van der Waals surface area contributed by atoms with E-state index >= 15 is 0 Å². The SMILES string of the molecule is C[C@H]1CN(c2ccccc2)C(=O)c2c(NC(=O)c3ccnc(N)c3)cnn21. The zero-order chi connectivity index (χ0) is 19.0. The molecule has 1 atom stereocenters. The monoisotopic (exact) mass is 362 g/mol. The van der Waals surface area contributed by atoms with Gasteiger partial charge in [0, 0.05) is 24.0 Å². The van der Waals surface area contributed by atoms with Crippen LogP contribution < -0.4 is 16.0 Å². The van der Waals surface area contributed by atoms with Crippen LogP contribution in [-0.4, -0.2) is 33.1 Å². The zero-order valence-corrected chi connectivity index (χ0v) is 14.7. The molecule has 3 N–H and O–H groups in total. The Bertz CT molecular complexity index is 1010. The second kappa shape index (κ2) is 6.56. The van der Waals surface area contributed by atoms with Crippen LogP contribution >= 0.6 is 0 Å². The summed E-state index contributed by atoms with van der Waals surface area (Å²) in [6.07, 6.45) is 2.96. The Morgan fingerprint density at radius 2 is 2.04 bits per heavy atom. The van der Waals surface area contributed by atoms with Crippen molar-refractivity contribution < 1.29 is 9.59 Å². The predicted molar refractivity (Wildman–Crippen MR) is 102 cm³/mol. The van der Waals surface area contributed by atoms with Crippen molar-refractivity contribution in [1.82, 2.24) is 14.8 Å². The maximum Gasteiger partial charge on any atom is 0.278 e. The Kier molecular flexibility index (Phi) is 4.08. The molecule has 4 rings (SSSR count). The quantitative estimate of drug-likeness (QED) is 0.744. The largest absolute Gasteiger partial charge is 0.384 e. The van der Waals surface area contributed by atoms with Crippen molar-refractivity contribution in [3.8, 4) is 0 Å². The second-order valence-electron chi connectivity index (χ2n) is 6.38. The van der Waals surface area contributed by atoms with Gasteiger partial charge in [0.25, 0.3) is 11.8 Å². The zero-order valence-electron chi connectivity index (χ0n) is 14.7. The first-order valence-corrected chi connectivity index (χ1v) is 8.52. The number of hydrogen-bond acceptors (Lipinski definition) is 5. The molecule has 27 heavy (non-hydrogen) atoms. The number of carbonyl (C=O) groups excluding carboxylic acids is 2. The van der Waals surface area contributed by atoms with Crippen LogP contribution in [0.15, 0.2) is 54.9 Å². The van der Waals surface area contributed by atoms with Gasteiger partial charge < -0.3 is 16.0 Å². The fourth-order valence-electron chi connectivity index (χ4n) is 3.17. The highest BCUT2D eigenvalue weighted by atomic mass is 16.2. The van der Waals surface area contributed by atoms with Crippen molar-refractivity contribution in [1.29, 1.82) is 0 Å². The topological polar surface area (TPSA) is 106 Å². The van der Waals surface area contributed by atoms with Gasteiger partial charge in [-0.15, -0.1) is 0 Å². The molecule has 0 unspecified atom stereocenters. The van der Waals surface area contributed by atoms with Crippen molar-refractivity contribution in [3.63, 3.8) is 0 Å². The Balaban J connectivity index is 1.67. The van der Waals surface area contributed by atoms with Crippen molar-refractivity contribution in [2.24, 2.45) is 0 Å². The number of benzene rings is 1. The lowest BCUT2D eigenvalue weighted by Gasteiger charge is -2.32. The lowest BCUT2D eigenvalue weighted by atomic mass is 10.1. The minimum absolute atomic E-state index is 0.0277. The third-order valence-electron chi connectivity index (χ3n) is 4.47. The number of hydrogen-bond donors (Lipinski definition) is 2. The number of fused-ring (bicyclic) bond motifs is 1. The molecule has 2 amide bonds. The first-order chi connectivity index (χ1) is 13.0. The smallest absolute Gasteiger partial charge is 0.278 e. The summed E-state index contributed by atoms with van der Waals surface area (Å²) in [6, 6.07) is 12.4. The highest BCUT2D eigenvalue weighted by molar-refractivity contribution is 6.13. The molecule has 8 heteroatoms. The van der Waals surface area contributed by atoms with Gasteiger partial charge in [-0.2, -0.15) is 5.10 Å². The number of rotatable bonds is 3. The molecule has 0 spiro atoms. The van der Waals surface area contributed by atoms with Crippen molar-refractivity contribution in [2.45, 2.75) is 13.0 Å². The summed E-state index contributed by atoms with van der Waals surface area (Å²) >= 11 is 0. The van der Waals surface area contributed by atoms with Gasteiger partial charge in [-0.1, -0.05) is 18.2 Å². The molecule has 1 aliphatic rings. The molecule has 0 saturated heterocycles. The van der Waals surface area contributed by atoms with Crippen LogP contribution in [-0.2, 0) is 0 Å². The van der Waals surface area contributed by atoms with Gasteiger partial charge in [0.15, 0.2) is 5.69 Å². The molecule has 0 radical (unpaired) electrons. The second-order valence-corrected chi connectivity index (χ2v) is 6.38. The summed E-state index contributed by atoms with van der Waals surface area (Å²) < 4.78 is 1.65. The fourth-order valence-corrected chi connectivity index (χ4v) is 3.17. The molecule has 1 aliphatic heterocycles. The van der Waals surface area contributed by atoms with Crippen LogP contribution in [0.4, 0.5) is 17.2 Å². The molecule has 3 aromatic rings. The first kappa shape index (κ1) is 16.8. The van der Waals surface area contributed by atoms with Crippen LogP contribution in [0, 0.1) is 0 Å². The molecule has 8 nitrogen and oxygen atoms in total. The summed E-state index contributed by atoms with van der Waals surface area (Å²) in [5.41, 5.74) is 7.52. The van der Waals surface area contributed by atoms with E-state index in [2.05, 4.69) is 15.4 Å². The number of pyridine rings is 1. The number of anilines is 3. The molecule has 0 saturated carbocycles. The van der Waals surface area contributed by atoms with Crippen LogP contribution in [0.1, 0.15) is 33.8 Å². The lowest BCUT2D eigenvalue weighted by molar-refractivity contribution is 0.0954. The van der Waals surface area contributed by atoms with Crippen LogP contribution in [0.5, 0.6) is 0 Å². The van der Waals surface area contributed by atoms with Gasteiger partial charge in [-0.05, 0) is 31.2 Å². The van der Waals surface area contributed by atoms with Gasteiger partial charge in [0.1, 0.15) is 5.82 Å². The molecular weight excluding hydrogens is 344 g/mol. The summed E-state index contributed by atoms with van der Waals surface area (Å²) in [5, 5.41) is 7.06. The average molecular weight is 362 g/mol. The van der Waals surface area contributed by atoms with Gasteiger partial charge in [-0.25, -0.2) is 4.98 Å². The van der Waals surface area contributed by atoms with Gasteiger partial charge in [0.05, 0.1) is 17.9 Å². The highest BCUT2D eigenvalue weighted by Crippen LogP contribution is 2.30. The summed E-state index contributed by atoms with van der Waals surface area (Å²) in [7, 11) is 0. The number of para-hydroxylation sites is 1. The van der Waals surface area contributed by atoms with Crippen LogP contribution in [0.2, 0.25) is 0 Å². The minimum Gasteiger partial charge on any atom is -0.384 e. The molecule has 2 aromatic heterocycles. The third-order valence-corrected chi connectivity index (χ3v) is 4.47. The fraction of sp³-hybridized carbons (Fsp3) is 0.158. The lowest BCUT2D eigenvalue weighted by Crippen LogP contribution is -2.43. The number of amides is 2. The molecule has 0 fully saturated rings. The third kappa shape index (κ3) is 3.01. The van der Waals surface area contributed by atoms with Crippen molar-refractivity contribution in [3.05, 3.63) is 66.1 Å². The number of nitrogens with zero attached hydrogens (tertiary/aromatic N) is 4. The normalized spacial score (nSPS) is 16.1. The Morgan fingerprint density at radius 3 is 2.78 bits per heavy atom.